The van der Waals surface area contributed by atoms with Gasteiger partial charge in [0.2, 0.25) is 0 Å². The molecular formula is C30H41NO4. The highest BCUT2D eigenvalue weighted by molar-refractivity contribution is 5.73. The molecule has 2 atom stereocenters. The molecule has 4 rings (SSSR count). The zero-order chi connectivity index (χ0) is 24.8. The zero-order valence-electron chi connectivity index (χ0n) is 21.8. The van der Waals surface area contributed by atoms with E-state index in [2.05, 4.69) is 49.5 Å². The predicted octanol–water partition coefficient (Wildman–Crippen LogP) is 7.13. The van der Waals surface area contributed by atoms with Gasteiger partial charge in [-0.2, -0.15) is 0 Å². The smallest absolute Gasteiger partial charge is 0.309 e. The van der Waals surface area contributed by atoms with Crippen molar-refractivity contribution in [1.82, 2.24) is 0 Å². The second-order valence-electron chi connectivity index (χ2n) is 10.6. The molecule has 0 amide bonds. The van der Waals surface area contributed by atoms with Crippen molar-refractivity contribution in [1.29, 1.82) is 0 Å². The van der Waals surface area contributed by atoms with Crippen LogP contribution in [0, 0.1) is 12.8 Å². The summed E-state index contributed by atoms with van der Waals surface area (Å²) in [5, 5.41) is 3.53. The Labute approximate surface area is 210 Å². The molecular weight excluding hydrogens is 438 g/mol. The summed E-state index contributed by atoms with van der Waals surface area (Å²) in [5.41, 5.74) is 3.72. The Morgan fingerprint density at radius 1 is 1.09 bits per heavy atom. The Kier molecular flexibility index (Phi) is 8.38. The minimum Gasteiger partial charge on any atom is -0.483 e. The topological polar surface area (TPSA) is 56.8 Å². The first-order valence-corrected chi connectivity index (χ1v) is 13.3. The minimum absolute atomic E-state index is 0.0141. The number of hydrogen-bond donors (Lipinski definition) is 1. The second-order valence-corrected chi connectivity index (χ2v) is 10.6. The largest absolute Gasteiger partial charge is 0.483 e. The van der Waals surface area contributed by atoms with Crippen LogP contribution in [0.3, 0.4) is 0 Å². The van der Waals surface area contributed by atoms with Crippen LogP contribution in [0.2, 0.25) is 0 Å². The molecule has 1 fully saturated rings. The Bertz CT molecular complexity index is 978. The fourth-order valence-corrected chi connectivity index (χ4v) is 5.05. The van der Waals surface area contributed by atoms with Gasteiger partial charge in [-0.1, -0.05) is 62.4 Å². The molecule has 35 heavy (non-hydrogen) atoms. The van der Waals surface area contributed by atoms with E-state index in [1.54, 1.807) is 0 Å². The van der Waals surface area contributed by atoms with Gasteiger partial charge in [-0.05, 0) is 63.8 Å². The van der Waals surface area contributed by atoms with E-state index >= 15 is 0 Å². The lowest BCUT2D eigenvalue weighted by molar-refractivity contribution is -0.189. The number of unbranched alkanes of at least 4 members (excludes halogenated alkanes) is 1. The summed E-state index contributed by atoms with van der Waals surface area (Å²) in [4.78, 5) is 13.1. The number of carbonyl (C=O) groups excluding carboxylic acids is 1. The third kappa shape index (κ3) is 6.38. The molecule has 190 valence electrons. The molecule has 2 unspecified atom stereocenters. The van der Waals surface area contributed by atoms with Crippen LogP contribution >= 0.6 is 0 Å². The van der Waals surface area contributed by atoms with Gasteiger partial charge in [-0.3, -0.25) is 4.79 Å². The monoisotopic (exact) mass is 479 g/mol. The summed E-state index contributed by atoms with van der Waals surface area (Å²) in [6.07, 6.45) is 6.36. The maximum Gasteiger partial charge on any atom is 0.309 e. The van der Waals surface area contributed by atoms with Crippen LogP contribution in [0.1, 0.15) is 88.5 Å². The van der Waals surface area contributed by atoms with E-state index in [-0.39, 0.29) is 18.0 Å². The molecule has 2 aromatic carbocycles. The van der Waals surface area contributed by atoms with Crippen LogP contribution in [0.25, 0.3) is 0 Å². The number of aryl methyl sites for hydroxylation is 1. The number of ether oxygens (including phenoxy) is 3. The third-order valence-corrected chi connectivity index (χ3v) is 7.24. The summed E-state index contributed by atoms with van der Waals surface area (Å²) in [7, 11) is 0. The van der Waals surface area contributed by atoms with Crippen LogP contribution in [-0.2, 0) is 20.8 Å². The maximum absolute atomic E-state index is 13.1. The van der Waals surface area contributed by atoms with Crippen molar-refractivity contribution in [2.45, 2.75) is 97.0 Å². The van der Waals surface area contributed by atoms with Gasteiger partial charge in [0.15, 0.2) is 6.10 Å². The highest BCUT2D eigenvalue weighted by atomic mass is 16.6. The Hall–Kier alpha value is -2.53. The molecule has 2 aliphatic rings. The van der Waals surface area contributed by atoms with Gasteiger partial charge in [0.1, 0.15) is 17.5 Å². The molecule has 1 aliphatic carbocycles. The lowest BCUT2D eigenvalue weighted by Crippen LogP contribution is -2.52. The third-order valence-electron chi connectivity index (χ3n) is 7.24. The summed E-state index contributed by atoms with van der Waals surface area (Å²) >= 11 is 0. The molecule has 0 bridgehead atoms. The Morgan fingerprint density at radius 3 is 2.54 bits per heavy atom. The lowest BCUT2D eigenvalue weighted by atomic mass is 9.86. The van der Waals surface area contributed by atoms with E-state index in [0.29, 0.717) is 6.61 Å². The second kappa shape index (κ2) is 11.5. The normalized spacial score (nSPS) is 21.6. The van der Waals surface area contributed by atoms with Gasteiger partial charge < -0.3 is 19.5 Å². The van der Waals surface area contributed by atoms with Crippen LogP contribution < -0.4 is 10.1 Å². The average Bonchev–Trinajstić information content (AvgIpc) is 2.86. The minimum atomic E-state index is -0.689. The number of esters is 1. The molecule has 1 aliphatic heterocycles. The van der Waals surface area contributed by atoms with E-state index < -0.39 is 11.7 Å². The molecule has 1 heterocycles. The Balaban J connectivity index is 1.56. The first kappa shape index (κ1) is 25.6. The van der Waals surface area contributed by atoms with Crippen LogP contribution in [0.4, 0.5) is 5.69 Å². The molecule has 0 saturated heterocycles. The van der Waals surface area contributed by atoms with Gasteiger partial charge in [0.05, 0.1) is 5.92 Å². The first-order chi connectivity index (χ1) is 16.9. The zero-order valence-corrected chi connectivity index (χ0v) is 21.8. The van der Waals surface area contributed by atoms with Gasteiger partial charge >= 0.3 is 5.97 Å². The molecule has 5 heteroatoms. The number of hydrogen-bond acceptors (Lipinski definition) is 5. The maximum atomic E-state index is 13.1. The summed E-state index contributed by atoms with van der Waals surface area (Å²) in [5.74, 6) is 0.676. The van der Waals surface area contributed by atoms with E-state index in [9.17, 15) is 4.79 Å². The van der Waals surface area contributed by atoms with Crippen LogP contribution in [0.5, 0.6) is 5.75 Å². The SMILES string of the molecule is CCCCOC1c2cc(NCc3ccc(C)cc3)ccc2OC(C)(C)C1OC(=O)C1CCCCC1. The molecule has 0 aromatic heterocycles. The molecule has 0 radical (unpaired) electrons. The highest BCUT2D eigenvalue weighted by Crippen LogP contribution is 2.45. The fraction of sp³-hybridized carbons (Fsp3) is 0.567. The van der Waals surface area contributed by atoms with Crippen molar-refractivity contribution in [3.05, 3.63) is 59.2 Å². The molecule has 0 spiro atoms. The number of rotatable bonds is 9. The Morgan fingerprint density at radius 2 is 1.83 bits per heavy atom. The molecule has 1 N–H and O–H groups in total. The van der Waals surface area contributed by atoms with Crippen molar-refractivity contribution in [2.24, 2.45) is 5.92 Å². The van der Waals surface area contributed by atoms with Crippen LogP contribution in [-0.4, -0.2) is 24.3 Å². The first-order valence-electron chi connectivity index (χ1n) is 13.3. The number of fused-ring (bicyclic) bond motifs is 1. The van der Waals surface area contributed by atoms with Crippen molar-refractivity contribution in [3.8, 4) is 5.75 Å². The number of nitrogens with one attached hydrogen (secondary N) is 1. The van der Waals surface area contributed by atoms with E-state index in [4.69, 9.17) is 14.2 Å². The lowest BCUT2D eigenvalue weighted by Gasteiger charge is -2.44. The van der Waals surface area contributed by atoms with Crippen molar-refractivity contribution in [3.63, 3.8) is 0 Å². The molecule has 2 aromatic rings. The average molecular weight is 480 g/mol. The molecule has 1 saturated carbocycles. The quantitative estimate of drug-likeness (QED) is 0.306. The van der Waals surface area contributed by atoms with Gasteiger partial charge in [0, 0.05) is 24.4 Å². The number of carbonyl (C=O) groups is 1. The molecule has 5 nitrogen and oxygen atoms in total. The van der Waals surface area contributed by atoms with E-state index in [0.717, 1.165) is 62.1 Å². The van der Waals surface area contributed by atoms with Crippen LogP contribution in [0.15, 0.2) is 42.5 Å². The standard InChI is InChI=1S/C30H41NO4/c1-5-6-18-33-27-25-19-24(31-20-22-14-12-21(2)13-15-22)16-17-26(25)35-30(3,4)28(27)34-29(32)23-10-8-7-9-11-23/h12-17,19,23,27-28,31H,5-11,18,20H2,1-4H3. The van der Waals surface area contributed by atoms with E-state index in [1.165, 1.54) is 17.5 Å². The summed E-state index contributed by atoms with van der Waals surface area (Å²) in [6, 6.07) is 14.7. The predicted molar refractivity (Wildman–Crippen MR) is 140 cm³/mol. The highest BCUT2D eigenvalue weighted by Gasteiger charge is 2.48. The van der Waals surface area contributed by atoms with Crippen molar-refractivity contribution < 1.29 is 19.0 Å². The summed E-state index contributed by atoms with van der Waals surface area (Å²) < 4.78 is 19.1. The van der Waals surface area contributed by atoms with Crippen molar-refractivity contribution >= 4 is 11.7 Å². The fourth-order valence-electron chi connectivity index (χ4n) is 5.05. The van der Waals surface area contributed by atoms with E-state index in [1.807, 2.05) is 26.0 Å². The van der Waals surface area contributed by atoms with Gasteiger partial charge in [-0.15, -0.1) is 0 Å². The van der Waals surface area contributed by atoms with Gasteiger partial charge in [-0.25, -0.2) is 0 Å². The number of benzene rings is 2. The van der Waals surface area contributed by atoms with Gasteiger partial charge in [0.25, 0.3) is 0 Å². The number of anilines is 1. The van der Waals surface area contributed by atoms with Crippen molar-refractivity contribution in [2.75, 3.05) is 11.9 Å². The summed E-state index contributed by atoms with van der Waals surface area (Å²) in [6.45, 7) is 9.59.